The smallest absolute Gasteiger partial charge is 0.250 e. The summed E-state index contributed by atoms with van der Waals surface area (Å²) < 4.78 is 0. The molecule has 0 saturated heterocycles. The van der Waals surface area contributed by atoms with E-state index in [9.17, 15) is 4.79 Å². The number of anilines is 1. The molecule has 6 heteroatoms. The number of thioether (sulfide) groups is 1. The minimum atomic E-state index is -0.558. The van der Waals surface area contributed by atoms with E-state index in [0.717, 1.165) is 5.75 Å². The van der Waals surface area contributed by atoms with E-state index in [4.69, 9.17) is 16.6 Å². The zero-order valence-electron chi connectivity index (χ0n) is 9.01. The molecule has 1 aromatic rings. The summed E-state index contributed by atoms with van der Waals surface area (Å²) in [5.41, 5.74) is 11.3. The first-order chi connectivity index (χ1) is 7.54. The number of primary amides is 1. The normalized spacial score (nSPS) is 12.4. The molecule has 1 unspecified atom stereocenters. The quantitative estimate of drug-likeness (QED) is 0.651. The number of nitrogens with two attached hydrogens (primary N) is 2. The molecule has 0 aromatic carbocycles. The van der Waals surface area contributed by atoms with Crippen LogP contribution in [0.1, 0.15) is 17.3 Å². The number of hydrogen-bond donors (Lipinski definition) is 3. The Hall–Kier alpha value is -1.27. The molecule has 0 spiro atoms. The molecule has 88 valence electrons. The van der Waals surface area contributed by atoms with E-state index in [0.29, 0.717) is 5.03 Å². The first-order valence-electron chi connectivity index (χ1n) is 4.83. The molecule has 1 amide bonds. The van der Waals surface area contributed by atoms with Crippen LogP contribution in [0.5, 0.6) is 0 Å². The van der Waals surface area contributed by atoms with Crippen molar-refractivity contribution in [1.29, 1.82) is 0 Å². The molecule has 0 radical (unpaired) electrons. The highest BCUT2D eigenvalue weighted by Gasteiger charge is 2.09. The number of aromatic nitrogens is 1. The van der Waals surface area contributed by atoms with Crippen molar-refractivity contribution in [2.24, 2.45) is 11.7 Å². The van der Waals surface area contributed by atoms with Crippen molar-refractivity contribution < 1.29 is 9.90 Å². The van der Waals surface area contributed by atoms with Crippen molar-refractivity contribution in [2.75, 3.05) is 18.1 Å². The summed E-state index contributed by atoms with van der Waals surface area (Å²) in [6.45, 7) is 2.06. The fourth-order valence-electron chi connectivity index (χ4n) is 1.02. The van der Waals surface area contributed by atoms with E-state index >= 15 is 0 Å². The van der Waals surface area contributed by atoms with E-state index in [1.54, 1.807) is 6.07 Å². The second-order valence-electron chi connectivity index (χ2n) is 3.57. The first-order valence-corrected chi connectivity index (χ1v) is 5.82. The van der Waals surface area contributed by atoms with Crippen LogP contribution in [0.25, 0.3) is 0 Å². The number of pyridine rings is 1. The number of aliphatic hydroxyl groups is 1. The van der Waals surface area contributed by atoms with Gasteiger partial charge >= 0.3 is 0 Å². The topological polar surface area (TPSA) is 102 Å². The van der Waals surface area contributed by atoms with Crippen molar-refractivity contribution in [3.8, 4) is 0 Å². The molecular weight excluding hydrogens is 226 g/mol. The molecule has 0 aliphatic carbocycles. The number of nitrogens with zero attached hydrogens (tertiary/aromatic N) is 1. The maximum Gasteiger partial charge on any atom is 0.250 e. The van der Waals surface area contributed by atoms with Crippen molar-refractivity contribution in [1.82, 2.24) is 4.98 Å². The summed E-state index contributed by atoms with van der Waals surface area (Å²) in [6, 6.07) is 1.58. The molecule has 0 bridgehead atoms. The maximum atomic E-state index is 11.0. The number of carbonyl (C=O) groups is 1. The van der Waals surface area contributed by atoms with Crippen LogP contribution in [0.15, 0.2) is 17.3 Å². The molecule has 1 rings (SSSR count). The Morgan fingerprint density at radius 2 is 2.38 bits per heavy atom. The third kappa shape index (κ3) is 3.39. The number of amides is 1. The van der Waals surface area contributed by atoms with E-state index in [1.807, 2.05) is 6.92 Å². The van der Waals surface area contributed by atoms with E-state index in [2.05, 4.69) is 4.98 Å². The van der Waals surface area contributed by atoms with Crippen molar-refractivity contribution in [3.63, 3.8) is 0 Å². The Labute approximate surface area is 98.2 Å². The summed E-state index contributed by atoms with van der Waals surface area (Å²) >= 11 is 1.46. The number of rotatable bonds is 5. The number of carbonyl (C=O) groups excluding carboxylic acids is 1. The largest absolute Gasteiger partial charge is 0.397 e. The van der Waals surface area contributed by atoms with Gasteiger partial charge < -0.3 is 16.6 Å². The lowest BCUT2D eigenvalue weighted by Crippen LogP contribution is -2.14. The van der Waals surface area contributed by atoms with Crippen molar-refractivity contribution in [2.45, 2.75) is 11.9 Å². The van der Waals surface area contributed by atoms with Gasteiger partial charge in [-0.05, 0) is 12.0 Å². The van der Waals surface area contributed by atoms with Gasteiger partial charge in [-0.25, -0.2) is 4.98 Å². The molecule has 0 aliphatic rings. The molecule has 1 aromatic heterocycles. The molecule has 16 heavy (non-hydrogen) atoms. The van der Waals surface area contributed by atoms with Gasteiger partial charge in [0.25, 0.3) is 5.91 Å². The van der Waals surface area contributed by atoms with Crippen LogP contribution >= 0.6 is 11.8 Å². The number of hydrogen-bond acceptors (Lipinski definition) is 5. The Bertz CT molecular complexity index is 384. The fraction of sp³-hybridized carbons (Fsp3) is 0.400. The second kappa shape index (κ2) is 5.72. The predicted molar refractivity (Wildman–Crippen MR) is 64.1 cm³/mol. The Morgan fingerprint density at radius 3 is 2.94 bits per heavy atom. The minimum Gasteiger partial charge on any atom is -0.397 e. The summed E-state index contributed by atoms with van der Waals surface area (Å²) in [5, 5.41) is 9.56. The molecule has 1 heterocycles. The lowest BCUT2D eigenvalue weighted by Gasteiger charge is -2.08. The van der Waals surface area contributed by atoms with E-state index in [1.165, 1.54) is 18.0 Å². The van der Waals surface area contributed by atoms with Gasteiger partial charge in [-0.1, -0.05) is 6.92 Å². The van der Waals surface area contributed by atoms with Gasteiger partial charge in [-0.15, -0.1) is 11.8 Å². The van der Waals surface area contributed by atoms with Gasteiger partial charge in [-0.2, -0.15) is 0 Å². The monoisotopic (exact) mass is 241 g/mol. The van der Waals surface area contributed by atoms with E-state index < -0.39 is 5.91 Å². The zero-order chi connectivity index (χ0) is 12.1. The molecule has 5 nitrogen and oxygen atoms in total. The molecule has 5 N–H and O–H groups in total. The molecule has 0 fully saturated rings. The Balaban J connectivity index is 2.75. The van der Waals surface area contributed by atoms with Gasteiger partial charge in [0, 0.05) is 12.4 Å². The summed E-state index contributed by atoms with van der Waals surface area (Å²) in [7, 11) is 0. The van der Waals surface area contributed by atoms with Crippen LogP contribution in [0.3, 0.4) is 0 Å². The predicted octanol–water partition coefficient (Wildman–Crippen LogP) is 0.483. The number of nitrogen functional groups attached to an aromatic ring is 1. The number of aliphatic hydroxyl groups excluding tert-OH is 1. The second-order valence-corrected chi connectivity index (χ2v) is 4.61. The van der Waals surface area contributed by atoms with Crippen LogP contribution in [-0.4, -0.2) is 28.4 Å². The maximum absolute atomic E-state index is 11.0. The third-order valence-electron chi connectivity index (χ3n) is 2.00. The average molecular weight is 241 g/mol. The van der Waals surface area contributed by atoms with Crippen LogP contribution in [0.2, 0.25) is 0 Å². The summed E-state index contributed by atoms with van der Waals surface area (Å²) in [5.74, 6) is 0.351. The third-order valence-corrected chi connectivity index (χ3v) is 3.26. The van der Waals surface area contributed by atoms with Gasteiger partial charge in [0.2, 0.25) is 0 Å². The zero-order valence-corrected chi connectivity index (χ0v) is 9.83. The van der Waals surface area contributed by atoms with E-state index in [-0.39, 0.29) is 23.8 Å². The van der Waals surface area contributed by atoms with Crippen LogP contribution < -0.4 is 11.5 Å². The SMILES string of the molecule is CC(CO)CSc1cc(C(N)=O)c(N)cn1. The average Bonchev–Trinajstić information content (AvgIpc) is 2.27. The Morgan fingerprint density at radius 1 is 1.69 bits per heavy atom. The lowest BCUT2D eigenvalue weighted by atomic mass is 10.2. The first kappa shape index (κ1) is 12.8. The van der Waals surface area contributed by atoms with Crippen molar-refractivity contribution >= 4 is 23.4 Å². The lowest BCUT2D eigenvalue weighted by molar-refractivity contribution is 0.100. The highest BCUT2D eigenvalue weighted by atomic mass is 32.2. The fourth-order valence-corrected chi connectivity index (χ4v) is 1.91. The molecular formula is C10H15N3O2S. The molecule has 1 atom stereocenters. The highest BCUT2D eigenvalue weighted by molar-refractivity contribution is 7.99. The molecule has 0 saturated carbocycles. The standard InChI is InChI=1S/C10H15N3O2S/c1-6(4-14)5-16-9-2-7(10(12)15)8(11)3-13-9/h2-3,6,14H,4-5,11H2,1H3,(H2,12,15). The van der Waals surface area contributed by atoms with Gasteiger partial charge in [0.15, 0.2) is 0 Å². The highest BCUT2D eigenvalue weighted by Crippen LogP contribution is 2.21. The van der Waals surface area contributed by atoms with Crippen LogP contribution in [0.4, 0.5) is 5.69 Å². The Kier molecular flexibility index (Phi) is 4.57. The molecule has 0 aliphatic heterocycles. The van der Waals surface area contributed by atoms with Crippen molar-refractivity contribution in [3.05, 3.63) is 17.8 Å². The van der Waals surface area contributed by atoms with Gasteiger partial charge in [0.05, 0.1) is 22.5 Å². The summed E-state index contributed by atoms with van der Waals surface area (Å²) in [4.78, 5) is 15.1. The minimum absolute atomic E-state index is 0.130. The summed E-state index contributed by atoms with van der Waals surface area (Å²) in [6.07, 6.45) is 1.42. The van der Waals surface area contributed by atoms with Gasteiger partial charge in [-0.3, -0.25) is 4.79 Å². The van der Waals surface area contributed by atoms with Crippen LogP contribution in [-0.2, 0) is 0 Å². The van der Waals surface area contributed by atoms with Gasteiger partial charge in [0.1, 0.15) is 0 Å². The van der Waals surface area contributed by atoms with Crippen LogP contribution in [0, 0.1) is 5.92 Å².